The zero-order valence-corrected chi connectivity index (χ0v) is 18.0. The quantitative estimate of drug-likeness (QED) is 0.462. The first-order chi connectivity index (χ1) is 15.1. The molecule has 0 spiro atoms. The van der Waals surface area contributed by atoms with Crippen molar-refractivity contribution < 1.29 is 36.9 Å². The molecule has 0 aliphatic rings. The van der Waals surface area contributed by atoms with Gasteiger partial charge in [0.15, 0.2) is 17.4 Å². The topological polar surface area (TPSA) is 113 Å². The second kappa shape index (κ2) is 9.11. The molecule has 0 atom stereocenters. The number of rotatable bonds is 7. The van der Waals surface area contributed by atoms with E-state index in [0.717, 1.165) is 25.3 Å². The molecule has 0 amide bonds. The fraction of sp³-hybridized carbons (Fsp3) is 0.0952. The van der Waals surface area contributed by atoms with Gasteiger partial charge in [0.25, 0.3) is 10.0 Å². The SMILES string of the molecule is COc1c(Cl)cc(C(=O)O)cc1S(=O)(=O)Nc1cc(F)c(F)c(-c2ccccc2CO)c1. The third-order valence-electron chi connectivity index (χ3n) is 4.51. The van der Waals surface area contributed by atoms with Crippen LogP contribution in [-0.2, 0) is 16.6 Å². The number of aromatic carboxylic acids is 1. The van der Waals surface area contributed by atoms with Crippen molar-refractivity contribution in [1.82, 2.24) is 0 Å². The molecule has 0 bridgehead atoms. The summed E-state index contributed by atoms with van der Waals surface area (Å²) >= 11 is 5.96. The minimum Gasteiger partial charge on any atom is -0.494 e. The molecule has 7 nitrogen and oxygen atoms in total. The van der Waals surface area contributed by atoms with Crippen LogP contribution in [0.5, 0.6) is 5.75 Å². The second-order valence-electron chi connectivity index (χ2n) is 6.53. The molecule has 0 radical (unpaired) electrons. The van der Waals surface area contributed by atoms with Gasteiger partial charge in [0, 0.05) is 11.6 Å². The summed E-state index contributed by atoms with van der Waals surface area (Å²) < 4.78 is 61.9. The number of carboxylic acids is 1. The summed E-state index contributed by atoms with van der Waals surface area (Å²) in [6.45, 7) is -0.454. The molecule has 3 aromatic carbocycles. The first-order valence-electron chi connectivity index (χ1n) is 8.91. The normalized spacial score (nSPS) is 11.3. The molecular formula is C21H16ClF2NO6S. The molecule has 0 saturated carbocycles. The number of benzene rings is 3. The van der Waals surface area contributed by atoms with E-state index in [1.165, 1.54) is 12.1 Å². The van der Waals surface area contributed by atoms with Gasteiger partial charge in [0.05, 0.1) is 30.0 Å². The lowest BCUT2D eigenvalue weighted by molar-refractivity contribution is 0.0696. The smallest absolute Gasteiger partial charge is 0.335 e. The van der Waals surface area contributed by atoms with Crippen molar-refractivity contribution in [3.63, 3.8) is 0 Å². The lowest BCUT2D eigenvalue weighted by atomic mass is 9.99. The molecule has 3 rings (SSSR count). The molecular weight excluding hydrogens is 468 g/mol. The average Bonchev–Trinajstić information content (AvgIpc) is 2.75. The number of sulfonamides is 1. The summed E-state index contributed by atoms with van der Waals surface area (Å²) in [7, 11) is -3.40. The Morgan fingerprint density at radius 3 is 2.44 bits per heavy atom. The Bertz CT molecular complexity index is 1310. The molecule has 11 heteroatoms. The minimum absolute atomic E-state index is 0.168. The van der Waals surface area contributed by atoms with E-state index in [9.17, 15) is 32.2 Å². The number of nitrogens with one attached hydrogen (secondary N) is 1. The molecule has 0 aromatic heterocycles. The van der Waals surface area contributed by atoms with E-state index in [0.29, 0.717) is 11.6 Å². The van der Waals surface area contributed by atoms with Gasteiger partial charge in [-0.3, -0.25) is 4.72 Å². The Balaban J connectivity index is 2.14. The van der Waals surface area contributed by atoms with Crippen LogP contribution in [0, 0.1) is 11.6 Å². The third-order valence-corrected chi connectivity index (χ3v) is 6.18. The summed E-state index contributed by atoms with van der Waals surface area (Å²) in [6.07, 6.45) is 0. The first-order valence-corrected chi connectivity index (χ1v) is 10.8. The van der Waals surface area contributed by atoms with Gasteiger partial charge in [-0.2, -0.15) is 0 Å². The molecule has 0 saturated heterocycles. The van der Waals surface area contributed by atoms with Crippen LogP contribution in [0.25, 0.3) is 11.1 Å². The summed E-state index contributed by atoms with van der Waals surface area (Å²) in [5.41, 5.74) is -0.574. The number of aliphatic hydroxyl groups is 1. The van der Waals surface area contributed by atoms with Crippen molar-refractivity contribution in [2.24, 2.45) is 0 Å². The Labute approximate surface area is 186 Å². The van der Waals surface area contributed by atoms with Crippen molar-refractivity contribution >= 4 is 33.3 Å². The van der Waals surface area contributed by atoms with Crippen molar-refractivity contribution in [3.05, 3.63) is 76.3 Å². The van der Waals surface area contributed by atoms with Gasteiger partial charge < -0.3 is 14.9 Å². The monoisotopic (exact) mass is 483 g/mol. The number of hydrogen-bond acceptors (Lipinski definition) is 5. The highest BCUT2D eigenvalue weighted by atomic mass is 35.5. The average molecular weight is 484 g/mol. The molecule has 0 aliphatic heterocycles. The summed E-state index contributed by atoms with van der Waals surface area (Å²) in [4.78, 5) is 10.7. The highest BCUT2D eigenvalue weighted by Gasteiger charge is 2.26. The Hall–Kier alpha value is -3.21. The maximum atomic E-state index is 14.5. The van der Waals surface area contributed by atoms with E-state index >= 15 is 0 Å². The molecule has 3 N–H and O–H groups in total. The molecule has 0 heterocycles. The zero-order valence-electron chi connectivity index (χ0n) is 16.4. The van der Waals surface area contributed by atoms with E-state index in [1.807, 2.05) is 0 Å². The van der Waals surface area contributed by atoms with Crippen molar-refractivity contribution in [2.45, 2.75) is 11.5 Å². The van der Waals surface area contributed by atoms with Gasteiger partial charge in [0.2, 0.25) is 0 Å². The van der Waals surface area contributed by atoms with E-state index in [1.54, 1.807) is 12.1 Å². The summed E-state index contributed by atoms with van der Waals surface area (Å²) in [6, 6.07) is 9.63. The number of anilines is 1. The van der Waals surface area contributed by atoms with Crippen LogP contribution >= 0.6 is 11.6 Å². The van der Waals surface area contributed by atoms with Gasteiger partial charge in [0.1, 0.15) is 4.90 Å². The van der Waals surface area contributed by atoms with Crippen LogP contribution in [0.2, 0.25) is 5.02 Å². The Morgan fingerprint density at radius 1 is 1.12 bits per heavy atom. The lowest BCUT2D eigenvalue weighted by Crippen LogP contribution is -2.16. The molecule has 0 unspecified atom stereocenters. The molecule has 32 heavy (non-hydrogen) atoms. The number of halogens is 3. The number of ether oxygens (including phenoxy) is 1. The molecule has 168 valence electrons. The minimum atomic E-state index is -4.54. The Kier molecular flexibility index (Phi) is 6.68. The van der Waals surface area contributed by atoms with Crippen LogP contribution < -0.4 is 9.46 Å². The van der Waals surface area contributed by atoms with Gasteiger partial charge in [-0.25, -0.2) is 22.0 Å². The fourth-order valence-corrected chi connectivity index (χ4v) is 4.67. The maximum Gasteiger partial charge on any atom is 0.335 e. The van der Waals surface area contributed by atoms with E-state index in [4.69, 9.17) is 16.3 Å². The highest BCUT2D eigenvalue weighted by Crippen LogP contribution is 2.36. The van der Waals surface area contributed by atoms with E-state index in [2.05, 4.69) is 4.72 Å². The van der Waals surface area contributed by atoms with Crippen molar-refractivity contribution in [2.75, 3.05) is 11.8 Å². The first kappa shape index (κ1) is 23.5. The predicted octanol–water partition coefficient (Wildman–Crippen LogP) is 4.29. The molecule has 0 aliphatic carbocycles. The van der Waals surface area contributed by atoms with Crippen molar-refractivity contribution in [3.8, 4) is 16.9 Å². The highest BCUT2D eigenvalue weighted by molar-refractivity contribution is 7.92. The number of methoxy groups -OCH3 is 1. The molecule has 0 fully saturated rings. The third kappa shape index (κ3) is 4.52. The second-order valence-corrected chi connectivity index (χ2v) is 8.59. The molecule has 3 aromatic rings. The van der Waals surface area contributed by atoms with Crippen LogP contribution in [-0.4, -0.2) is 31.7 Å². The standard InChI is InChI=1S/C21H16ClF2NO6S/c1-31-20-16(22)6-12(21(27)28)7-18(20)32(29,30)25-13-8-15(19(24)17(23)9-13)14-5-3-2-4-11(14)10-26/h2-9,25-26H,10H2,1H3,(H,27,28). The van der Waals surface area contributed by atoms with E-state index < -0.39 is 44.7 Å². The van der Waals surface area contributed by atoms with Crippen LogP contribution in [0.15, 0.2) is 53.4 Å². The van der Waals surface area contributed by atoms with Gasteiger partial charge in [-0.15, -0.1) is 0 Å². The van der Waals surface area contributed by atoms with Gasteiger partial charge >= 0.3 is 5.97 Å². The fourth-order valence-electron chi connectivity index (χ4n) is 3.06. The predicted molar refractivity (Wildman–Crippen MR) is 113 cm³/mol. The van der Waals surface area contributed by atoms with E-state index in [-0.39, 0.29) is 27.6 Å². The van der Waals surface area contributed by atoms with Gasteiger partial charge in [-0.1, -0.05) is 35.9 Å². The summed E-state index contributed by atoms with van der Waals surface area (Å²) in [5, 5.41) is 18.4. The zero-order chi connectivity index (χ0) is 23.6. The van der Waals surface area contributed by atoms with Crippen LogP contribution in [0.4, 0.5) is 14.5 Å². The lowest BCUT2D eigenvalue weighted by Gasteiger charge is -2.15. The Morgan fingerprint density at radius 2 is 1.81 bits per heavy atom. The van der Waals surface area contributed by atoms with Gasteiger partial charge in [-0.05, 0) is 29.3 Å². The largest absolute Gasteiger partial charge is 0.494 e. The maximum absolute atomic E-state index is 14.5. The number of aliphatic hydroxyl groups excluding tert-OH is 1. The van der Waals surface area contributed by atoms with Crippen molar-refractivity contribution in [1.29, 1.82) is 0 Å². The number of hydrogen-bond donors (Lipinski definition) is 3. The van der Waals surface area contributed by atoms with Crippen LogP contribution in [0.3, 0.4) is 0 Å². The summed E-state index contributed by atoms with van der Waals surface area (Å²) in [5.74, 6) is -4.32. The number of carboxylic acid groups (broad SMARTS) is 1. The number of carbonyl (C=O) groups is 1. The van der Waals surface area contributed by atoms with Crippen LogP contribution in [0.1, 0.15) is 15.9 Å².